The molecule has 0 aliphatic carbocycles. The van der Waals surface area contributed by atoms with Gasteiger partial charge in [-0.05, 0) is 31.5 Å². The van der Waals surface area contributed by atoms with E-state index in [0.29, 0.717) is 5.56 Å². The van der Waals surface area contributed by atoms with Gasteiger partial charge in [0.05, 0.1) is 11.3 Å². The minimum absolute atomic E-state index is 0.364. The maximum absolute atomic E-state index is 11.2. The van der Waals surface area contributed by atoms with E-state index >= 15 is 0 Å². The molecule has 3 nitrogen and oxygen atoms in total. The largest absolute Gasteiger partial charge is 0.478 e. The lowest BCUT2D eigenvalue weighted by atomic mass is 10.1. The number of carboxylic acids is 1. The number of anilines is 1. The molecule has 1 aromatic carbocycles. The highest BCUT2D eigenvalue weighted by Crippen LogP contribution is 2.27. The first-order valence-corrected chi connectivity index (χ1v) is 6.30. The van der Waals surface area contributed by atoms with Gasteiger partial charge >= 0.3 is 5.97 Å². The average Bonchev–Trinajstić information content (AvgIpc) is 2.28. The Hall–Kier alpha value is -1.29. The normalized spacial score (nSPS) is 15.6. The molecule has 0 unspecified atom stereocenters. The second kappa shape index (κ2) is 4.92. The summed E-state index contributed by atoms with van der Waals surface area (Å²) >= 11 is 3.39. The quantitative estimate of drug-likeness (QED) is 0.851. The second-order valence-corrected chi connectivity index (χ2v) is 5.14. The van der Waals surface area contributed by atoms with Gasteiger partial charge in [-0.25, -0.2) is 4.79 Å². The number of hydrogen-bond donors (Lipinski definition) is 1. The summed E-state index contributed by atoms with van der Waals surface area (Å²) < 4.78 is 0.907. The smallest absolute Gasteiger partial charge is 0.337 e. The predicted molar refractivity (Wildman–Crippen MR) is 71.7 cm³/mol. The molecule has 0 spiro atoms. The van der Waals surface area contributed by atoms with Crippen LogP contribution in [0.5, 0.6) is 0 Å². The van der Waals surface area contributed by atoms with Crippen molar-refractivity contribution >= 4 is 27.6 Å². The van der Waals surface area contributed by atoms with Gasteiger partial charge in [-0.1, -0.05) is 27.6 Å². The van der Waals surface area contributed by atoms with Crippen LogP contribution in [-0.4, -0.2) is 24.2 Å². The van der Waals surface area contributed by atoms with E-state index in [0.717, 1.165) is 29.7 Å². The van der Waals surface area contributed by atoms with Crippen LogP contribution in [-0.2, 0) is 0 Å². The molecule has 90 valence electrons. The Balaban J connectivity index is 2.39. The van der Waals surface area contributed by atoms with Crippen LogP contribution in [0, 0.1) is 0 Å². The van der Waals surface area contributed by atoms with Gasteiger partial charge in [-0.15, -0.1) is 0 Å². The van der Waals surface area contributed by atoms with Crippen LogP contribution in [0.1, 0.15) is 23.7 Å². The SMILES string of the molecule is CC1=CCCN(c2cc(Br)ccc2C(=O)O)C1. The summed E-state index contributed by atoms with van der Waals surface area (Å²) in [6.07, 6.45) is 3.17. The molecule has 4 heteroatoms. The first-order chi connectivity index (χ1) is 8.08. The molecule has 2 rings (SSSR count). The number of nitrogens with zero attached hydrogens (tertiary/aromatic N) is 1. The zero-order valence-electron chi connectivity index (χ0n) is 9.61. The minimum atomic E-state index is -0.875. The van der Waals surface area contributed by atoms with Crippen molar-refractivity contribution in [3.05, 3.63) is 39.9 Å². The molecule has 0 amide bonds. The molecule has 0 bridgehead atoms. The van der Waals surface area contributed by atoms with E-state index in [9.17, 15) is 9.90 Å². The van der Waals surface area contributed by atoms with Crippen molar-refractivity contribution in [2.75, 3.05) is 18.0 Å². The van der Waals surface area contributed by atoms with E-state index < -0.39 is 5.97 Å². The summed E-state index contributed by atoms with van der Waals surface area (Å²) in [5.41, 5.74) is 2.44. The molecule has 0 saturated carbocycles. The third-order valence-corrected chi connectivity index (χ3v) is 3.36. The van der Waals surface area contributed by atoms with Gasteiger partial charge in [0.25, 0.3) is 0 Å². The Morgan fingerprint density at radius 3 is 2.88 bits per heavy atom. The molecule has 0 aromatic heterocycles. The van der Waals surface area contributed by atoms with E-state index in [1.54, 1.807) is 12.1 Å². The van der Waals surface area contributed by atoms with Crippen LogP contribution in [0.4, 0.5) is 5.69 Å². The summed E-state index contributed by atoms with van der Waals surface area (Å²) in [6, 6.07) is 5.29. The molecule has 1 heterocycles. The lowest BCUT2D eigenvalue weighted by Crippen LogP contribution is -2.30. The van der Waals surface area contributed by atoms with Gasteiger partial charge in [-0.3, -0.25) is 0 Å². The van der Waals surface area contributed by atoms with E-state index in [4.69, 9.17) is 0 Å². The van der Waals surface area contributed by atoms with Gasteiger partial charge in [0.2, 0.25) is 0 Å². The number of benzene rings is 1. The monoisotopic (exact) mass is 295 g/mol. The van der Waals surface area contributed by atoms with Gasteiger partial charge in [0.15, 0.2) is 0 Å². The topological polar surface area (TPSA) is 40.5 Å². The van der Waals surface area contributed by atoms with Crippen LogP contribution in [0.3, 0.4) is 0 Å². The molecule has 0 atom stereocenters. The molecule has 1 aliphatic rings. The van der Waals surface area contributed by atoms with Crippen molar-refractivity contribution < 1.29 is 9.90 Å². The maximum atomic E-state index is 11.2. The standard InChI is InChI=1S/C13H14BrNO2/c1-9-3-2-6-15(8-9)12-7-10(14)4-5-11(12)13(16)17/h3-5,7H,2,6,8H2,1H3,(H,16,17). The third kappa shape index (κ3) is 2.69. The van der Waals surface area contributed by atoms with Gasteiger partial charge in [-0.2, -0.15) is 0 Å². The predicted octanol–water partition coefficient (Wildman–Crippen LogP) is 3.30. The fourth-order valence-electron chi connectivity index (χ4n) is 2.06. The third-order valence-electron chi connectivity index (χ3n) is 2.86. The lowest BCUT2D eigenvalue weighted by molar-refractivity contribution is 0.0697. The Labute approximate surface area is 109 Å². The molecule has 0 radical (unpaired) electrons. The van der Waals surface area contributed by atoms with Gasteiger partial charge < -0.3 is 10.0 Å². The van der Waals surface area contributed by atoms with Gasteiger partial charge in [0, 0.05) is 17.6 Å². The Kier molecular flexibility index (Phi) is 3.52. The fourth-order valence-corrected chi connectivity index (χ4v) is 2.41. The van der Waals surface area contributed by atoms with Crippen LogP contribution < -0.4 is 4.90 Å². The highest BCUT2D eigenvalue weighted by molar-refractivity contribution is 9.10. The number of halogens is 1. The average molecular weight is 296 g/mol. The second-order valence-electron chi connectivity index (χ2n) is 4.23. The maximum Gasteiger partial charge on any atom is 0.337 e. The highest BCUT2D eigenvalue weighted by Gasteiger charge is 2.18. The number of hydrogen-bond acceptors (Lipinski definition) is 2. The number of carbonyl (C=O) groups is 1. The van der Waals surface area contributed by atoms with Crippen molar-refractivity contribution in [2.24, 2.45) is 0 Å². The number of rotatable bonds is 2. The Bertz CT molecular complexity index is 482. The zero-order valence-corrected chi connectivity index (χ0v) is 11.2. The molecule has 17 heavy (non-hydrogen) atoms. The Morgan fingerprint density at radius 1 is 1.47 bits per heavy atom. The molecule has 1 aromatic rings. The molecule has 1 N–H and O–H groups in total. The molecule has 0 fully saturated rings. The summed E-state index contributed by atoms with van der Waals surface area (Å²) in [6.45, 7) is 3.75. The Morgan fingerprint density at radius 2 is 2.24 bits per heavy atom. The van der Waals surface area contributed by atoms with Gasteiger partial charge in [0.1, 0.15) is 0 Å². The van der Waals surface area contributed by atoms with E-state index in [1.807, 2.05) is 6.07 Å². The highest BCUT2D eigenvalue weighted by atomic mass is 79.9. The zero-order chi connectivity index (χ0) is 12.4. The van der Waals surface area contributed by atoms with Crippen molar-refractivity contribution in [1.29, 1.82) is 0 Å². The summed E-state index contributed by atoms with van der Waals surface area (Å²) in [5, 5.41) is 9.20. The van der Waals surface area contributed by atoms with E-state index in [2.05, 4.69) is 33.8 Å². The van der Waals surface area contributed by atoms with Crippen molar-refractivity contribution in [3.63, 3.8) is 0 Å². The van der Waals surface area contributed by atoms with Crippen LogP contribution >= 0.6 is 15.9 Å². The van der Waals surface area contributed by atoms with Crippen molar-refractivity contribution in [1.82, 2.24) is 0 Å². The van der Waals surface area contributed by atoms with Crippen molar-refractivity contribution in [2.45, 2.75) is 13.3 Å². The van der Waals surface area contributed by atoms with Crippen LogP contribution in [0.2, 0.25) is 0 Å². The summed E-state index contributed by atoms with van der Waals surface area (Å²) in [4.78, 5) is 13.3. The van der Waals surface area contributed by atoms with Crippen LogP contribution in [0.25, 0.3) is 0 Å². The number of aromatic carboxylic acids is 1. The fraction of sp³-hybridized carbons (Fsp3) is 0.308. The molecular weight excluding hydrogens is 282 g/mol. The molecular formula is C13H14BrNO2. The summed E-state index contributed by atoms with van der Waals surface area (Å²) in [5.74, 6) is -0.875. The molecule has 1 aliphatic heterocycles. The minimum Gasteiger partial charge on any atom is -0.478 e. The van der Waals surface area contributed by atoms with Crippen molar-refractivity contribution in [3.8, 4) is 0 Å². The molecule has 0 saturated heterocycles. The van der Waals surface area contributed by atoms with Crippen LogP contribution in [0.15, 0.2) is 34.3 Å². The van der Waals surface area contributed by atoms with E-state index in [-0.39, 0.29) is 0 Å². The lowest BCUT2D eigenvalue weighted by Gasteiger charge is -2.29. The first kappa shape index (κ1) is 12.2. The summed E-state index contributed by atoms with van der Waals surface area (Å²) in [7, 11) is 0. The first-order valence-electron chi connectivity index (χ1n) is 5.51. The number of carboxylic acid groups (broad SMARTS) is 1. The van der Waals surface area contributed by atoms with E-state index in [1.165, 1.54) is 5.57 Å².